The van der Waals surface area contributed by atoms with Gasteiger partial charge in [-0.3, -0.25) is 4.79 Å². The number of fused-ring (bicyclic) bond motifs is 1. The molecule has 4 rings (SSSR count). The maximum atomic E-state index is 12.9. The van der Waals surface area contributed by atoms with Gasteiger partial charge in [0.05, 0.1) is 0 Å². The van der Waals surface area contributed by atoms with Crippen LogP contribution in [0.1, 0.15) is 56.6 Å². The number of likely N-dealkylation sites (tertiary alicyclic amines) is 1. The summed E-state index contributed by atoms with van der Waals surface area (Å²) in [6.07, 6.45) is 9.36. The van der Waals surface area contributed by atoms with Crippen LogP contribution in [0.3, 0.4) is 0 Å². The molecule has 2 nitrogen and oxygen atoms in total. The molecule has 1 aliphatic carbocycles. The number of hydrogen-bond donors (Lipinski definition) is 0. The number of rotatable bonds is 4. The lowest BCUT2D eigenvalue weighted by Crippen LogP contribution is -2.39. The summed E-state index contributed by atoms with van der Waals surface area (Å²) in [5.74, 6) is 0.600. The van der Waals surface area contributed by atoms with Gasteiger partial charge in [-0.1, -0.05) is 62.6 Å². The second-order valence-corrected chi connectivity index (χ2v) is 7.84. The summed E-state index contributed by atoms with van der Waals surface area (Å²) >= 11 is 0. The number of nitrogens with zero attached hydrogens (tertiary/aromatic N) is 1. The van der Waals surface area contributed by atoms with Crippen molar-refractivity contribution in [2.75, 3.05) is 6.54 Å². The monoisotopic (exact) mass is 335 g/mol. The summed E-state index contributed by atoms with van der Waals surface area (Å²) in [4.78, 5) is 15.1. The predicted octanol–water partition coefficient (Wildman–Crippen LogP) is 5.13. The van der Waals surface area contributed by atoms with Crippen LogP contribution in [0, 0.1) is 5.92 Å². The average Bonchev–Trinajstić information content (AvgIpc) is 3.02. The van der Waals surface area contributed by atoms with E-state index in [9.17, 15) is 4.79 Å². The SMILES string of the molecule is CCc1cccc2cc(CC3CCN(C4CCCCC4)C3=O)ccc12. The molecule has 0 aromatic heterocycles. The Hall–Kier alpha value is -1.83. The standard InChI is InChI=1S/C23H29NO/c1-2-18-7-6-8-19-15-17(11-12-22(18)19)16-20-13-14-24(23(20)25)21-9-4-3-5-10-21/h6-8,11-12,15,20-21H,2-5,9-10,13-14,16H2,1H3. The molecule has 0 N–H and O–H groups in total. The summed E-state index contributed by atoms with van der Waals surface area (Å²) < 4.78 is 0. The van der Waals surface area contributed by atoms with Crippen LogP contribution in [-0.4, -0.2) is 23.4 Å². The molecular formula is C23H29NO. The Kier molecular flexibility index (Phi) is 4.78. The Morgan fingerprint density at radius 1 is 1.04 bits per heavy atom. The number of aryl methyl sites for hydroxylation is 1. The fourth-order valence-corrected chi connectivity index (χ4v) is 4.83. The van der Waals surface area contributed by atoms with Crippen molar-refractivity contribution in [3.05, 3.63) is 47.5 Å². The van der Waals surface area contributed by atoms with Crippen LogP contribution in [0.2, 0.25) is 0 Å². The van der Waals surface area contributed by atoms with E-state index in [1.165, 1.54) is 54.0 Å². The molecule has 132 valence electrons. The van der Waals surface area contributed by atoms with Crippen LogP contribution in [0.5, 0.6) is 0 Å². The minimum absolute atomic E-state index is 0.189. The Labute approximate surface area is 151 Å². The highest BCUT2D eigenvalue weighted by molar-refractivity contribution is 5.87. The molecule has 1 heterocycles. The van der Waals surface area contributed by atoms with Gasteiger partial charge in [-0.25, -0.2) is 0 Å². The smallest absolute Gasteiger partial charge is 0.226 e. The zero-order chi connectivity index (χ0) is 17.2. The van der Waals surface area contributed by atoms with Gasteiger partial charge in [0.15, 0.2) is 0 Å². The van der Waals surface area contributed by atoms with Gasteiger partial charge in [-0.2, -0.15) is 0 Å². The van der Waals surface area contributed by atoms with Crippen molar-refractivity contribution in [2.24, 2.45) is 5.92 Å². The van der Waals surface area contributed by atoms with Gasteiger partial charge < -0.3 is 4.90 Å². The van der Waals surface area contributed by atoms with E-state index in [2.05, 4.69) is 48.2 Å². The van der Waals surface area contributed by atoms with Crippen LogP contribution >= 0.6 is 0 Å². The predicted molar refractivity (Wildman–Crippen MR) is 104 cm³/mol. The van der Waals surface area contributed by atoms with Crippen molar-refractivity contribution in [2.45, 2.75) is 64.3 Å². The van der Waals surface area contributed by atoms with E-state index in [1.54, 1.807) is 0 Å². The van der Waals surface area contributed by atoms with Crippen molar-refractivity contribution in [3.63, 3.8) is 0 Å². The Morgan fingerprint density at radius 2 is 1.88 bits per heavy atom. The zero-order valence-corrected chi connectivity index (χ0v) is 15.3. The van der Waals surface area contributed by atoms with Gasteiger partial charge in [-0.15, -0.1) is 0 Å². The van der Waals surface area contributed by atoms with Gasteiger partial charge in [0.25, 0.3) is 0 Å². The highest BCUT2D eigenvalue weighted by atomic mass is 16.2. The second kappa shape index (κ2) is 7.19. The molecule has 2 fully saturated rings. The van der Waals surface area contributed by atoms with Crippen molar-refractivity contribution >= 4 is 16.7 Å². The fraction of sp³-hybridized carbons (Fsp3) is 0.522. The Balaban J connectivity index is 1.48. The maximum Gasteiger partial charge on any atom is 0.226 e. The normalized spacial score (nSPS) is 22.0. The van der Waals surface area contributed by atoms with Gasteiger partial charge in [0.2, 0.25) is 5.91 Å². The molecule has 0 bridgehead atoms. The Morgan fingerprint density at radius 3 is 2.68 bits per heavy atom. The second-order valence-electron chi connectivity index (χ2n) is 7.84. The Bertz CT molecular complexity index is 760. The third-order valence-corrected chi connectivity index (χ3v) is 6.26. The van der Waals surface area contributed by atoms with Crippen LogP contribution in [-0.2, 0) is 17.6 Å². The van der Waals surface area contributed by atoms with Gasteiger partial charge in [0.1, 0.15) is 0 Å². The number of carbonyl (C=O) groups excluding carboxylic acids is 1. The molecule has 1 saturated carbocycles. The number of benzene rings is 2. The summed E-state index contributed by atoms with van der Waals surface area (Å²) in [6.45, 7) is 3.18. The molecule has 2 aromatic carbocycles. The molecular weight excluding hydrogens is 306 g/mol. The minimum Gasteiger partial charge on any atom is -0.339 e. The van der Waals surface area contributed by atoms with Crippen molar-refractivity contribution < 1.29 is 4.79 Å². The van der Waals surface area contributed by atoms with E-state index >= 15 is 0 Å². The van der Waals surface area contributed by atoms with E-state index in [0.29, 0.717) is 11.9 Å². The van der Waals surface area contributed by atoms with E-state index in [0.717, 1.165) is 25.8 Å². The summed E-state index contributed by atoms with van der Waals surface area (Å²) in [5, 5.41) is 2.67. The number of carbonyl (C=O) groups is 1. The minimum atomic E-state index is 0.189. The highest BCUT2D eigenvalue weighted by Gasteiger charge is 2.36. The number of hydrogen-bond acceptors (Lipinski definition) is 1. The van der Waals surface area contributed by atoms with Gasteiger partial charge in [-0.05, 0) is 54.0 Å². The molecule has 25 heavy (non-hydrogen) atoms. The molecule has 0 radical (unpaired) electrons. The van der Waals surface area contributed by atoms with Crippen molar-refractivity contribution in [1.29, 1.82) is 0 Å². The summed E-state index contributed by atoms with van der Waals surface area (Å²) in [6, 6.07) is 13.9. The maximum absolute atomic E-state index is 12.9. The van der Waals surface area contributed by atoms with E-state index in [-0.39, 0.29) is 5.92 Å². The van der Waals surface area contributed by atoms with Gasteiger partial charge in [0, 0.05) is 18.5 Å². The molecule has 2 heteroatoms. The summed E-state index contributed by atoms with van der Waals surface area (Å²) in [7, 11) is 0. The topological polar surface area (TPSA) is 20.3 Å². The first kappa shape index (κ1) is 16.6. The molecule has 0 spiro atoms. The fourth-order valence-electron chi connectivity index (χ4n) is 4.83. The molecule has 1 unspecified atom stereocenters. The first-order chi connectivity index (χ1) is 12.3. The molecule has 2 aliphatic rings. The lowest BCUT2D eigenvalue weighted by molar-refractivity contribution is -0.133. The lowest BCUT2D eigenvalue weighted by Gasteiger charge is -2.31. The van der Waals surface area contributed by atoms with Crippen molar-refractivity contribution in [1.82, 2.24) is 4.90 Å². The quantitative estimate of drug-likeness (QED) is 0.759. The van der Waals surface area contributed by atoms with Crippen LogP contribution in [0.15, 0.2) is 36.4 Å². The van der Waals surface area contributed by atoms with E-state index in [4.69, 9.17) is 0 Å². The van der Waals surface area contributed by atoms with Crippen LogP contribution < -0.4 is 0 Å². The highest BCUT2D eigenvalue weighted by Crippen LogP contribution is 2.31. The molecule has 2 aromatic rings. The lowest BCUT2D eigenvalue weighted by atomic mass is 9.93. The third-order valence-electron chi connectivity index (χ3n) is 6.26. The van der Waals surface area contributed by atoms with E-state index < -0.39 is 0 Å². The first-order valence-electron chi connectivity index (χ1n) is 10.1. The largest absolute Gasteiger partial charge is 0.339 e. The third kappa shape index (κ3) is 3.31. The summed E-state index contributed by atoms with van der Waals surface area (Å²) in [5.41, 5.74) is 2.72. The van der Waals surface area contributed by atoms with Crippen LogP contribution in [0.4, 0.5) is 0 Å². The number of amides is 1. The van der Waals surface area contributed by atoms with Crippen molar-refractivity contribution in [3.8, 4) is 0 Å². The zero-order valence-electron chi connectivity index (χ0n) is 15.3. The average molecular weight is 335 g/mol. The first-order valence-corrected chi connectivity index (χ1v) is 10.1. The molecule has 1 saturated heterocycles. The molecule has 1 aliphatic heterocycles. The van der Waals surface area contributed by atoms with Gasteiger partial charge >= 0.3 is 0 Å². The molecule has 1 amide bonds. The van der Waals surface area contributed by atoms with E-state index in [1.807, 2.05) is 0 Å². The molecule has 1 atom stereocenters. The van der Waals surface area contributed by atoms with Crippen LogP contribution in [0.25, 0.3) is 10.8 Å².